The monoisotopic (exact) mass is 269 g/mol. The first-order chi connectivity index (χ1) is 8.47. The summed E-state index contributed by atoms with van der Waals surface area (Å²) >= 11 is 1.67. The summed E-state index contributed by atoms with van der Waals surface area (Å²) in [5, 5.41) is 11.0. The molecule has 1 heterocycles. The predicted octanol–water partition coefficient (Wildman–Crippen LogP) is 2.17. The summed E-state index contributed by atoms with van der Waals surface area (Å²) < 4.78 is 0. The lowest BCUT2D eigenvalue weighted by Gasteiger charge is -2.20. The normalized spacial score (nSPS) is 12.2. The first-order valence-electron chi connectivity index (χ1n) is 5.98. The van der Waals surface area contributed by atoms with Crippen LogP contribution in [0.1, 0.15) is 23.8 Å². The van der Waals surface area contributed by atoms with E-state index in [0.29, 0.717) is 13.0 Å². The highest BCUT2D eigenvalue weighted by molar-refractivity contribution is 7.10. The lowest BCUT2D eigenvalue weighted by atomic mass is 10.1. The molecule has 0 spiro atoms. The number of carboxylic acid groups (broad SMARTS) is 1. The summed E-state index contributed by atoms with van der Waals surface area (Å²) in [6.07, 6.45) is 1.11. The maximum atomic E-state index is 11.9. The van der Waals surface area contributed by atoms with Gasteiger partial charge in [-0.15, -0.1) is 11.3 Å². The van der Waals surface area contributed by atoms with E-state index in [1.165, 1.54) is 15.3 Å². The number of aryl methyl sites for hydroxylation is 1. The Morgan fingerprint density at radius 2 is 2.17 bits per heavy atom. The van der Waals surface area contributed by atoms with Gasteiger partial charge in [0.05, 0.1) is 0 Å². The minimum Gasteiger partial charge on any atom is -0.481 e. The topological polar surface area (TPSA) is 57.6 Å². The minimum absolute atomic E-state index is 0.306. The molecule has 5 heteroatoms. The molecule has 1 rings (SSSR count). The van der Waals surface area contributed by atoms with Crippen molar-refractivity contribution in [3.8, 4) is 0 Å². The third-order valence-corrected chi connectivity index (χ3v) is 4.11. The number of aliphatic carboxylic acids is 1. The number of carbonyl (C=O) groups excluding carboxylic acids is 1. The molecule has 0 saturated carbocycles. The highest BCUT2D eigenvalue weighted by atomic mass is 32.1. The molecule has 4 nitrogen and oxygen atoms in total. The fraction of sp³-hybridized carbons (Fsp3) is 0.538. The third kappa shape index (κ3) is 3.57. The van der Waals surface area contributed by atoms with E-state index < -0.39 is 11.9 Å². The van der Waals surface area contributed by atoms with Gasteiger partial charge in [0.1, 0.15) is 5.92 Å². The van der Waals surface area contributed by atoms with Crippen LogP contribution in [0.5, 0.6) is 0 Å². The SMILES string of the molecule is CCC(C(=O)O)C(=O)N(C)CCc1sccc1C. The maximum absolute atomic E-state index is 11.9. The van der Waals surface area contributed by atoms with Crippen LogP contribution in [-0.4, -0.2) is 35.5 Å². The van der Waals surface area contributed by atoms with Crippen LogP contribution < -0.4 is 0 Å². The summed E-state index contributed by atoms with van der Waals surface area (Å²) in [5.41, 5.74) is 1.23. The van der Waals surface area contributed by atoms with Crippen LogP contribution in [-0.2, 0) is 16.0 Å². The van der Waals surface area contributed by atoms with Crippen molar-refractivity contribution in [3.05, 3.63) is 21.9 Å². The molecular formula is C13H19NO3S. The molecule has 0 aliphatic carbocycles. The molecule has 100 valence electrons. The summed E-state index contributed by atoms with van der Waals surface area (Å²) in [7, 11) is 1.66. The van der Waals surface area contributed by atoms with E-state index in [1.807, 2.05) is 18.4 Å². The molecule has 1 aromatic rings. The number of amides is 1. The van der Waals surface area contributed by atoms with E-state index in [4.69, 9.17) is 5.11 Å². The van der Waals surface area contributed by atoms with Crippen molar-refractivity contribution < 1.29 is 14.7 Å². The van der Waals surface area contributed by atoms with Gasteiger partial charge in [-0.2, -0.15) is 0 Å². The molecule has 0 radical (unpaired) electrons. The molecule has 0 aliphatic rings. The fourth-order valence-electron chi connectivity index (χ4n) is 1.76. The van der Waals surface area contributed by atoms with Crippen LogP contribution >= 0.6 is 11.3 Å². The number of likely N-dealkylation sites (N-methyl/N-ethyl adjacent to an activating group) is 1. The molecule has 1 unspecified atom stereocenters. The van der Waals surface area contributed by atoms with Crippen molar-refractivity contribution in [2.24, 2.45) is 5.92 Å². The molecule has 1 aromatic heterocycles. The van der Waals surface area contributed by atoms with E-state index in [1.54, 1.807) is 25.3 Å². The Labute approximate surface area is 111 Å². The maximum Gasteiger partial charge on any atom is 0.316 e. The molecular weight excluding hydrogens is 250 g/mol. The number of hydrogen-bond donors (Lipinski definition) is 1. The number of hydrogen-bond acceptors (Lipinski definition) is 3. The van der Waals surface area contributed by atoms with Gasteiger partial charge in [0.2, 0.25) is 5.91 Å². The van der Waals surface area contributed by atoms with Gasteiger partial charge in [-0.3, -0.25) is 9.59 Å². The van der Waals surface area contributed by atoms with Crippen molar-refractivity contribution in [1.82, 2.24) is 4.90 Å². The Morgan fingerprint density at radius 3 is 2.61 bits per heavy atom. The van der Waals surface area contributed by atoms with Gasteiger partial charge in [0.25, 0.3) is 0 Å². The average Bonchev–Trinajstić information content (AvgIpc) is 2.72. The Bertz CT molecular complexity index is 428. The van der Waals surface area contributed by atoms with E-state index >= 15 is 0 Å². The van der Waals surface area contributed by atoms with Gasteiger partial charge in [-0.1, -0.05) is 6.92 Å². The van der Waals surface area contributed by atoms with Crippen LogP contribution in [0.3, 0.4) is 0 Å². The number of carboxylic acids is 1. The smallest absolute Gasteiger partial charge is 0.316 e. The Hall–Kier alpha value is -1.36. The van der Waals surface area contributed by atoms with Crippen molar-refractivity contribution in [2.45, 2.75) is 26.7 Å². The number of carbonyl (C=O) groups is 2. The molecule has 0 bridgehead atoms. The van der Waals surface area contributed by atoms with Crippen LogP contribution in [0.25, 0.3) is 0 Å². The summed E-state index contributed by atoms with van der Waals surface area (Å²) in [4.78, 5) is 25.6. The second-order valence-corrected chi connectivity index (χ2v) is 5.34. The highest BCUT2D eigenvalue weighted by Gasteiger charge is 2.26. The van der Waals surface area contributed by atoms with Gasteiger partial charge >= 0.3 is 5.97 Å². The van der Waals surface area contributed by atoms with Crippen LogP contribution in [0, 0.1) is 12.8 Å². The first kappa shape index (κ1) is 14.7. The second-order valence-electron chi connectivity index (χ2n) is 4.34. The van der Waals surface area contributed by atoms with Crippen molar-refractivity contribution in [3.63, 3.8) is 0 Å². The molecule has 1 N–H and O–H groups in total. The van der Waals surface area contributed by atoms with Gasteiger partial charge in [-0.05, 0) is 36.8 Å². The molecule has 1 atom stereocenters. The van der Waals surface area contributed by atoms with Crippen molar-refractivity contribution in [1.29, 1.82) is 0 Å². The van der Waals surface area contributed by atoms with Gasteiger partial charge in [-0.25, -0.2) is 0 Å². The summed E-state index contributed by atoms with van der Waals surface area (Å²) in [5.74, 6) is -2.26. The standard InChI is InChI=1S/C13H19NO3S/c1-4-10(13(16)17)12(15)14(3)7-5-11-9(2)6-8-18-11/h6,8,10H,4-5,7H2,1-3H3,(H,16,17). The van der Waals surface area contributed by atoms with Gasteiger partial charge < -0.3 is 10.0 Å². The Kier molecular flexibility index (Phi) is 5.34. The summed E-state index contributed by atoms with van der Waals surface area (Å²) in [6, 6.07) is 2.05. The van der Waals surface area contributed by atoms with Gasteiger partial charge in [0.15, 0.2) is 0 Å². The average molecular weight is 269 g/mol. The molecule has 0 saturated heterocycles. The first-order valence-corrected chi connectivity index (χ1v) is 6.86. The third-order valence-electron chi connectivity index (χ3n) is 3.02. The van der Waals surface area contributed by atoms with E-state index in [0.717, 1.165) is 6.42 Å². The van der Waals surface area contributed by atoms with Crippen LogP contribution in [0.2, 0.25) is 0 Å². The second kappa shape index (κ2) is 6.54. The van der Waals surface area contributed by atoms with Crippen molar-refractivity contribution in [2.75, 3.05) is 13.6 Å². The lowest BCUT2D eigenvalue weighted by Crippen LogP contribution is -2.37. The van der Waals surface area contributed by atoms with Crippen LogP contribution in [0.15, 0.2) is 11.4 Å². The zero-order chi connectivity index (χ0) is 13.7. The predicted molar refractivity (Wildman–Crippen MR) is 71.8 cm³/mol. The molecule has 1 amide bonds. The number of rotatable bonds is 6. The largest absolute Gasteiger partial charge is 0.481 e. The quantitative estimate of drug-likeness (QED) is 0.805. The molecule has 0 aromatic carbocycles. The van der Waals surface area contributed by atoms with E-state index in [2.05, 4.69) is 0 Å². The Balaban J connectivity index is 2.55. The van der Waals surface area contributed by atoms with E-state index in [9.17, 15) is 9.59 Å². The van der Waals surface area contributed by atoms with Crippen LogP contribution in [0.4, 0.5) is 0 Å². The minimum atomic E-state index is -1.04. The molecule has 0 aliphatic heterocycles. The highest BCUT2D eigenvalue weighted by Crippen LogP contribution is 2.17. The Morgan fingerprint density at radius 1 is 1.50 bits per heavy atom. The number of nitrogens with zero attached hydrogens (tertiary/aromatic N) is 1. The molecule has 18 heavy (non-hydrogen) atoms. The molecule has 0 fully saturated rings. The van der Waals surface area contributed by atoms with Crippen molar-refractivity contribution >= 4 is 23.2 Å². The van der Waals surface area contributed by atoms with Gasteiger partial charge in [0, 0.05) is 18.5 Å². The van der Waals surface area contributed by atoms with E-state index in [-0.39, 0.29) is 5.91 Å². The zero-order valence-electron chi connectivity index (χ0n) is 11.0. The number of thiophene rings is 1. The lowest BCUT2D eigenvalue weighted by molar-refractivity contribution is -0.150. The summed E-state index contributed by atoms with van der Waals surface area (Å²) in [6.45, 7) is 4.32. The zero-order valence-corrected chi connectivity index (χ0v) is 11.8. The fourth-order valence-corrected chi connectivity index (χ4v) is 2.66.